The number of amides is 2. The molecule has 126 valence electrons. The maximum absolute atomic E-state index is 12.4. The van der Waals surface area contributed by atoms with Crippen LogP contribution >= 0.6 is 34.8 Å². The van der Waals surface area contributed by atoms with Gasteiger partial charge in [-0.2, -0.15) is 0 Å². The highest BCUT2D eigenvalue weighted by molar-refractivity contribution is 6.41. The lowest BCUT2D eigenvalue weighted by Crippen LogP contribution is -2.48. The molecule has 5 nitrogen and oxygen atoms in total. The number of hydrogen-bond acceptors (Lipinski definition) is 3. The minimum atomic E-state index is -0.484. The molecule has 2 rings (SSSR count). The second-order valence-corrected chi connectivity index (χ2v) is 6.95. The molecule has 1 fully saturated rings. The highest BCUT2D eigenvalue weighted by Gasteiger charge is 2.34. The van der Waals surface area contributed by atoms with Gasteiger partial charge in [-0.15, -0.1) is 0 Å². The smallest absolute Gasteiger partial charge is 0.261 e. The SMILES string of the molecule is CC(C)C(=O)N1CCCC1C(=O)NNc1c(Cl)cc(Cl)cc1Cl. The molecule has 1 atom stereocenters. The van der Waals surface area contributed by atoms with Gasteiger partial charge < -0.3 is 4.90 Å². The maximum Gasteiger partial charge on any atom is 0.261 e. The fraction of sp³-hybridized carbons (Fsp3) is 0.467. The molecule has 1 aliphatic heterocycles. The number of benzene rings is 1. The summed E-state index contributed by atoms with van der Waals surface area (Å²) in [6.07, 6.45) is 1.44. The monoisotopic (exact) mass is 377 g/mol. The molecule has 1 aromatic carbocycles. The van der Waals surface area contributed by atoms with E-state index in [1.165, 1.54) is 12.1 Å². The van der Waals surface area contributed by atoms with Crippen LogP contribution in [0.5, 0.6) is 0 Å². The van der Waals surface area contributed by atoms with Crippen LogP contribution in [0.25, 0.3) is 0 Å². The van der Waals surface area contributed by atoms with Gasteiger partial charge in [0.2, 0.25) is 5.91 Å². The van der Waals surface area contributed by atoms with E-state index in [2.05, 4.69) is 10.9 Å². The van der Waals surface area contributed by atoms with Crippen molar-refractivity contribution in [1.82, 2.24) is 10.3 Å². The summed E-state index contributed by atoms with van der Waals surface area (Å²) in [5.41, 5.74) is 5.65. The lowest BCUT2D eigenvalue weighted by molar-refractivity contribution is -0.140. The van der Waals surface area contributed by atoms with Crippen molar-refractivity contribution >= 4 is 52.3 Å². The fourth-order valence-electron chi connectivity index (χ4n) is 2.50. The minimum Gasteiger partial charge on any atom is -0.330 e. The van der Waals surface area contributed by atoms with Crippen LogP contribution < -0.4 is 10.9 Å². The molecule has 2 N–H and O–H groups in total. The summed E-state index contributed by atoms with van der Waals surface area (Å²) in [4.78, 5) is 26.1. The number of nitrogens with zero attached hydrogens (tertiary/aromatic N) is 1. The molecule has 1 unspecified atom stereocenters. The number of rotatable bonds is 4. The molecule has 1 aliphatic rings. The molecule has 0 aromatic heterocycles. The predicted molar refractivity (Wildman–Crippen MR) is 92.8 cm³/mol. The van der Waals surface area contributed by atoms with Crippen LogP contribution in [0.3, 0.4) is 0 Å². The van der Waals surface area contributed by atoms with E-state index in [0.29, 0.717) is 33.7 Å². The van der Waals surface area contributed by atoms with Gasteiger partial charge in [-0.3, -0.25) is 20.4 Å². The van der Waals surface area contributed by atoms with Crippen LogP contribution in [-0.4, -0.2) is 29.3 Å². The molecule has 1 heterocycles. The second-order valence-electron chi connectivity index (χ2n) is 5.70. The Morgan fingerprint density at radius 1 is 1.22 bits per heavy atom. The summed E-state index contributed by atoms with van der Waals surface area (Å²) in [7, 11) is 0. The van der Waals surface area contributed by atoms with Gasteiger partial charge in [0.1, 0.15) is 6.04 Å². The van der Waals surface area contributed by atoms with Gasteiger partial charge in [0, 0.05) is 17.5 Å². The molecule has 1 saturated heterocycles. The van der Waals surface area contributed by atoms with E-state index in [0.717, 1.165) is 6.42 Å². The summed E-state index contributed by atoms with van der Waals surface area (Å²) < 4.78 is 0. The third-order valence-electron chi connectivity index (χ3n) is 3.65. The Bertz CT molecular complexity index is 599. The van der Waals surface area contributed by atoms with Crippen molar-refractivity contribution in [2.75, 3.05) is 12.0 Å². The quantitative estimate of drug-likeness (QED) is 0.785. The number of nitrogens with one attached hydrogen (secondary N) is 2. The Morgan fingerprint density at radius 3 is 2.39 bits per heavy atom. The number of hydrazine groups is 1. The van der Waals surface area contributed by atoms with Crippen molar-refractivity contribution in [2.24, 2.45) is 5.92 Å². The van der Waals surface area contributed by atoms with Crippen LogP contribution in [0.15, 0.2) is 12.1 Å². The molecular formula is C15H18Cl3N3O2. The van der Waals surface area contributed by atoms with Crippen molar-refractivity contribution < 1.29 is 9.59 Å². The Morgan fingerprint density at radius 2 is 1.83 bits per heavy atom. The third-order valence-corrected chi connectivity index (χ3v) is 4.46. The van der Waals surface area contributed by atoms with Gasteiger partial charge in [0.15, 0.2) is 0 Å². The summed E-state index contributed by atoms with van der Waals surface area (Å²) in [6, 6.07) is 2.56. The van der Waals surface area contributed by atoms with E-state index in [4.69, 9.17) is 34.8 Å². The van der Waals surface area contributed by atoms with Gasteiger partial charge in [0.25, 0.3) is 5.91 Å². The van der Waals surface area contributed by atoms with Crippen LogP contribution in [-0.2, 0) is 9.59 Å². The van der Waals surface area contributed by atoms with Crippen LogP contribution in [0.1, 0.15) is 26.7 Å². The Kier molecular flexibility index (Phi) is 6.00. The van der Waals surface area contributed by atoms with Crippen LogP contribution in [0.2, 0.25) is 15.1 Å². The van der Waals surface area contributed by atoms with Gasteiger partial charge in [0.05, 0.1) is 15.7 Å². The van der Waals surface area contributed by atoms with Gasteiger partial charge in [-0.25, -0.2) is 0 Å². The molecule has 8 heteroatoms. The van der Waals surface area contributed by atoms with Gasteiger partial charge >= 0.3 is 0 Å². The number of carbonyl (C=O) groups excluding carboxylic acids is 2. The van der Waals surface area contributed by atoms with Crippen molar-refractivity contribution in [3.8, 4) is 0 Å². The number of hydrogen-bond donors (Lipinski definition) is 2. The molecule has 1 aromatic rings. The van der Waals surface area contributed by atoms with E-state index in [1.54, 1.807) is 4.90 Å². The Hall–Kier alpha value is -1.17. The third kappa shape index (κ3) is 4.22. The second kappa shape index (κ2) is 7.60. The zero-order valence-corrected chi connectivity index (χ0v) is 15.1. The normalized spacial score (nSPS) is 17.5. The first-order valence-corrected chi connectivity index (χ1v) is 8.45. The average Bonchev–Trinajstić information content (AvgIpc) is 2.94. The lowest BCUT2D eigenvalue weighted by atomic mass is 10.1. The highest BCUT2D eigenvalue weighted by Crippen LogP contribution is 2.33. The van der Waals surface area contributed by atoms with Crippen molar-refractivity contribution in [3.05, 3.63) is 27.2 Å². The molecular weight excluding hydrogens is 361 g/mol. The number of anilines is 1. The largest absolute Gasteiger partial charge is 0.330 e. The molecule has 0 radical (unpaired) electrons. The molecule has 0 aliphatic carbocycles. The standard InChI is InChI=1S/C15H18Cl3N3O2/c1-8(2)15(23)21-5-3-4-12(21)14(22)20-19-13-10(17)6-9(16)7-11(13)18/h6-8,12,19H,3-5H2,1-2H3,(H,20,22). The summed E-state index contributed by atoms with van der Waals surface area (Å²) in [6.45, 7) is 4.24. The molecule has 23 heavy (non-hydrogen) atoms. The topological polar surface area (TPSA) is 61.4 Å². The first-order valence-electron chi connectivity index (χ1n) is 7.32. The first kappa shape index (κ1) is 18.2. The highest BCUT2D eigenvalue weighted by atomic mass is 35.5. The number of halogens is 3. The van der Waals surface area contributed by atoms with E-state index < -0.39 is 6.04 Å². The summed E-state index contributed by atoms with van der Waals surface area (Å²) >= 11 is 17.9. The van der Waals surface area contributed by atoms with Crippen molar-refractivity contribution in [2.45, 2.75) is 32.7 Å². The van der Waals surface area contributed by atoms with Crippen LogP contribution in [0, 0.1) is 5.92 Å². The van der Waals surface area contributed by atoms with Gasteiger partial charge in [-0.05, 0) is 25.0 Å². The zero-order chi connectivity index (χ0) is 17.1. The molecule has 0 saturated carbocycles. The zero-order valence-electron chi connectivity index (χ0n) is 12.8. The fourth-order valence-corrected chi connectivity index (χ4v) is 3.42. The molecule has 2 amide bonds. The lowest BCUT2D eigenvalue weighted by Gasteiger charge is -2.26. The number of carbonyl (C=O) groups is 2. The summed E-state index contributed by atoms with van der Waals surface area (Å²) in [5.74, 6) is -0.458. The number of likely N-dealkylation sites (tertiary alicyclic amines) is 1. The first-order chi connectivity index (χ1) is 10.8. The molecule has 0 spiro atoms. The van der Waals surface area contributed by atoms with E-state index >= 15 is 0 Å². The van der Waals surface area contributed by atoms with Crippen LogP contribution in [0.4, 0.5) is 5.69 Å². The van der Waals surface area contributed by atoms with Crippen molar-refractivity contribution in [3.63, 3.8) is 0 Å². The van der Waals surface area contributed by atoms with Crippen molar-refractivity contribution in [1.29, 1.82) is 0 Å². The van der Waals surface area contributed by atoms with Gasteiger partial charge in [-0.1, -0.05) is 48.7 Å². The Balaban J connectivity index is 2.04. The Labute approximate surface area is 150 Å². The minimum absolute atomic E-state index is 0.0230. The summed E-state index contributed by atoms with van der Waals surface area (Å²) in [5, 5.41) is 0.995. The predicted octanol–water partition coefficient (Wildman–Crippen LogP) is 3.74. The van der Waals surface area contributed by atoms with E-state index in [-0.39, 0.29) is 17.7 Å². The van der Waals surface area contributed by atoms with E-state index in [1.807, 2.05) is 13.8 Å². The van der Waals surface area contributed by atoms with E-state index in [9.17, 15) is 9.59 Å². The average molecular weight is 379 g/mol. The maximum atomic E-state index is 12.4. The molecule has 0 bridgehead atoms.